The van der Waals surface area contributed by atoms with E-state index < -0.39 is 0 Å². The van der Waals surface area contributed by atoms with Gasteiger partial charge in [-0.25, -0.2) is 0 Å². The molecule has 0 unspecified atom stereocenters. The molecule has 4 heteroatoms. The second kappa shape index (κ2) is 7.81. The highest BCUT2D eigenvalue weighted by Crippen LogP contribution is 2.18. The molecule has 1 fully saturated rings. The number of hydrogen-bond donors (Lipinski definition) is 1. The zero-order valence-corrected chi connectivity index (χ0v) is 12.7. The van der Waals surface area contributed by atoms with E-state index in [0.717, 1.165) is 18.5 Å². The lowest BCUT2D eigenvalue weighted by Crippen LogP contribution is -2.39. The molecular weight excluding hydrogens is 264 g/mol. The zero-order chi connectivity index (χ0) is 15.1. The molecule has 114 valence electrons. The van der Waals surface area contributed by atoms with Crippen LogP contribution in [0.2, 0.25) is 0 Å². The molecule has 1 saturated carbocycles. The number of amides is 2. The van der Waals surface area contributed by atoms with Crippen molar-refractivity contribution in [3.63, 3.8) is 0 Å². The van der Waals surface area contributed by atoms with Gasteiger partial charge in [0.15, 0.2) is 0 Å². The standard InChI is InChI=1S/C17H24N2O2/c1-14(20)19(16-10-6-3-7-11-16)13-12-17(21)18-15-8-4-2-5-9-15/h3,6-7,10-11,15H,2,4-5,8-9,12-13H2,1H3,(H,18,21). The Kier molecular flexibility index (Phi) is 5.78. The molecule has 0 heterocycles. The molecule has 2 rings (SSSR count). The van der Waals surface area contributed by atoms with Gasteiger partial charge in [-0.05, 0) is 25.0 Å². The third-order valence-corrected chi connectivity index (χ3v) is 3.98. The van der Waals surface area contributed by atoms with Gasteiger partial charge in [-0.2, -0.15) is 0 Å². The van der Waals surface area contributed by atoms with Crippen molar-refractivity contribution >= 4 is 17.5 Å². The maximum absolute atomic E-state index is 12.0. The normalized spacial score (nSPS) is 15.5. The number of rotatable bonds is 5. The number of carbonyl (C=O) groups excluding carboxylic acids is 2. The molecule has 1 aromatic rings. The monoisotopic (exact) mass is 288 g/mol. The highest BCUT2D eigenvalue weighted by molar-refractivity contribution is 5.92. The summed E-state index contributed by atoms with van der Waals surface area (Å²) in [4.78, 5) is 25.4. The second-order valence-electron chi connectivity index (χ2n) is 5.66. The number of nitrogens with zero attached hydrogens (tertiary/aromatic N) is 1. The number of para-hydroxylation sites is 1. The Labute approximate surface area is 126 Å². The van der Waals surface area contributed by atoms with Gasteiger partial charge in [-0.3, -0.25) is 9.59 Å². The van der Waals surface area contributed by atoms with Crippen LogP contribution >= 0.6 is 0 Å². The van der Waals surface area contributed by atoms with Gasteiger partial charge >= 0.3 is 0 Å². The molecule has 1 aliphatic carbocycles. The second-order valence-corrected chi connectivity index (χ2v) is 5.66. The van der Waals surface area contributed by atoms with Crippen molar-refractivity contribution in [2.75, 3.05) is 11.4 Å². The summed E-state index contributed by atoms with van der Waals surface area (Å²) in [5.74, 6) is 0.00995. The van der Waals surface area contributed by atoms with E-state index in [0.29, 0.717) is 19.0 Å². The number of carbonyl (C=O) groups is 2. The topological polar surface area (TPSA) is 49.4 Å². The SMILES string of the molecule is CC(=O)N(CCC(=O)NC1CCCCC1)c1ccccc1. The highest BCUT2D eigenvalue weighted by atomic mass is 16.2. The van der Waals surface area contributed by atoms with Crippen LogP contribution in [0.3, 0.4) is 0 Å². The van der Waals surface area contributed by atoms with Gasteiger partial charge in [0, 0.05) is 31.6 Å². The first kappa shape index (κ1) is 15.5. The lowest BCUT2D eigenvalue weighted by atomic mass is 9.95. The van der Waals surface area contributed by atoms with E-state index in [1.807, 2.05) is 30.3 Å². The Morgan fingerprint density at radius 3 is 2.43 bits per heavy atom. The first-order valence-electron chi connectivity index (χ1n) is 7.79. The van der Waals surface area contributed by atoms with Gasteiger partial charge < -0.3 is 10.2 Å². The van der Waals surface area contributed by atoms with E-state index in [4.69, 9.17) is 0 Å². The van der Waals surface area contributed by atoms with Crippen LogP contribution in [-0.2, 0) is 9.59 Å². The summed E-state index contributed by atoms with van der Waals surface area (Å²) in [5, 5.41) is 3.09. The number of anilines is 1. The molecule has 0 aliphatic heterocycles. The largest absolute Gasteiger partial charge is 0.353 e. The van der Waals surface area contributed by atoms with Crippen LogP contribution < -0.4 is 10.2 Å². The summed E-state index contributed by atoms with van der Waals surface area (Å²) in [7, 11) is 0. The van der Waals surface area contributed by atoms with E-state index in [1.165, 1.54) is 26.2 Å². The lowest BCUT2D eigenvalue weighted by Gasteiger charge is -2.24. The molecule has 0 radical (unpaired) electrons. The van der Waals surface area contributed by atoms with Crippen molar-refractivity contribution < 1.29 is 9.59 Å². The van der Waals surface area contributed by atoms with Crippen LogP contribution in [0.5, 0.6) is 0 Å². The number of nitrogens with one attached hydrogen (secondary N) is 1. The van der Waals surface area contributed by atoms with Gasteiger partial charge in [0.05, 0.1) is 0 Å². The predicted octanol–water partition coefficient (Wildman–Crippen LogP) is 2.88. The van der Waals surface area contributed by atoms with Crippen molar-refractivity contribution in [3.05, 3.63) is 30.3 Å². The first-order valence-corrected chi connectivity index (χ1v) is 7.79. The van der Waals surface area contributed by atoms with Crippen LogP contribution in [0.25, 0.3) is 0 Å². The fraction of sp³-hybridized carbons (Fsp3) is 0.529. The average molecular weight is 288 g/mol. The van der Waals surface area contributed by atoms with Crippen LogP contribution in [0, 0.1) is 0 Å². The molecule has 21 heavy (non-hydrogen) atoms. The minimum atomic E-state index is -0.0355. The van der Waals surface area contributed by atoms with Gasteiger partial charge in [-0.15, -0.1) is 0 Å². The van der Waals surface area contributed by atoms with Gasteiger partial charge in [0.1, 0.15) is 0 Å². The van der Waals surface area contributed by atoms with E-state index >= 15 is 0 Å². The summed E-state index contributed by atoms with van der Waals surface area (Å²) >= 11 is 0. The van der Waals surface area contributed by atoms with Crippen LogP contribution in [0.15, 0.2) is 30.3 Å². The summed E-state index contributed by atoms with van der Waals surface area (Å²) in [6.07, 6.45) is 6.20. The quantitative estimate of drug-likeness (QED) is 0.905. The van der Waals surface area contributed by atoms with Crippen molar-refractivity contribution in [2.24, 2.45) is 0 Å². The van der Waals surface area contributed by atoms with Crippen molar-refractivity contribution in [3.8, 4) is 0 Å². The van der Waals surface area contributed by atoms with E-state index in [-0.39, 0.29) is 11.8 Å². The Morgan fingerprint density at radius 1 is 1.14 bits per heavy atom. The Hall–Kier alpha value is -1.84. The molecule has 4 nitrogen and oxygen atoms in total. The van der Waals surface area contributed by atoms with E-state index in [1.54, 1.807) is 4.90 Å². The minimum Gasteiger partial charge on any atom is -0.353 e. The van der Waals surface area contributed by atoms with Gasteiger partial charge in [0.2, 0.25) is 11.8 Å². The smallest absolute Gasteiger partial charge is 0.223 e. The predicted molar refractivity (Wildman–Crippen MR) is 84.1 cm³/mol. The third kappa shape index (κ3) is 4.88. The fourth-order valence-electron chi connectivity index (χ4n) is 2.84. The Morgan fingerprint density at radius 2 is 1.81 bits per heavy atom. The van der Waals surface area contributed by atoms with E-state index in [2.05, 4.69) is 5.32 Å². The van der Waals surface area contributed by atoms with Crippen molar-refractivity contribution in [2.45, 2.75) is 51.5 Å². The summed E-state index contributed by atoms with van der Waals surface area (Å²) in [6.45, 7) is 1.96. The molecule has 1 N–H and O–H groups in total. The maximum atomic E-state index is 12.0. The molecule has 0 bridgehead atoms. The van der Waals surface area contributed by atoms with Gasteiger partial charge in [-0.1, -0.05) is 37.5 Å². The summed E-state index contributed by atoms with van der Waals surface area (Å²) in [6, 6.07) is 9.81. The van der Waals surface area contributed by atoms with E-state index in [9.17, 15) is 9.59 Å². The van der Waals surface area contributed by atoms with Crippen LogP contribution in [-0.4, -0.2) is 24.4 Å². The maximum Gasteiger partial charge on any atom is 0.223 e. The summed E-state index contributed by atoms with van der Waals surface area (Å²) in [5.41, 5.74) is 0.843. The molecular formula is C17H24N2O2. The first-order chi connectivity index (χ1) is 10.2. The lowest BCUT2D eigenvalue weighted by molar-refractivity contribution is -0.121. The molecule has 0 aromatic heterocycles. The molecule has 0 saturated heterocycles. The van der Waals surface area contributed by atoms with Crippen LogP contribution in [0.1, 0.15) is 45.4 Å². The molecule has 0 atom stereocenters. The number of hydrogen-bond acceptors (Lipinski definition) is 2. The zero-order valence-electron chi connectivity index (χ0n) is 12.7. The van der Waals surface area contributed by atoms with Gasteiger partial charge in [0.25, 0.3) is 0 Å². The third-order valence-electron chi connectivity index (χ3n) is 3.98. The molecule has 2 amide bonds. The Bertz CT molecular complexity index is 467. The summed E-state index contributed by atoms with van der Waals surface area (Å²) < 4.78 is 0. The average Bonchev–Trinajstić information content (AvgIpc) is 2.49. The van der Waals surface area contributed by atoms with Crippen LogP contribution in [0.4, 0.5) is 5.69 Å². The van der Waals surface area contributed by atoms with Crippen molar-refractivity contribution in [1.82, 2.24) is 5.32 Å². The van der Waals surface area contributed by atoms with Crippen molar-refractivity contribution in [1.29, 1.82) is 0 Å². The number of benzene rings is 1. The minimum absolute atomic E-state index is 0.0355. The fourth-order valence-corrected chi connectivity index (χ4v) is 2.84. The molecule has 0 spiro atoms. The molecule has 1 aliphatic rings. The highest BCUT2D eigenvalue weighted by Gasteiger charge is 2.17. The molecule has 1 aromatic carbocycles. The Balaban J connectivity index is 1.84.